The van der Waals surface area contributed by atoms with E-state index in [0.29, 0.717) is 6.54 Å². The average Bonchev–Trinajstić information content (AvgIpc) is 2.84. The van der Waals surface area contributed by atoms with Crippen molar-refractivity contribution in [2.75, 3.05) is 12.8 Å². The van der Waals surface area contributed by atoms with Crippen molar-refractivity contribution in [2.24, 2.45) is 5.73 Å². The lowest BCUT2D eigenvalue weighted by molar-refractivity contribution is 0.725. The van der Waals surface area contributed by atoms with Gasteiger partial charge in [-0.1, -0.05) is 6.07 Å². The Morgan fingerprint density at radius 2 is 2.29 bits per heavy atom. The number of nitrogens with zero attached hydrogens (tertiary/aromatic N) is 4. The van der Waals surface area contributed by atoms with Crippen LogP contribution in [0.5, 0.6) is 0 Å². The molecular formula is C11H15N5S. The first-order valence-electron chi connectivity index (χ1n) is 5.47. The quantitative estimate of drug-likeness (QED) is 0.808. The maximum Gasteiger partial charge on any atom is 0.156 e. The Balaban J connectivity index is 2.28. The van der Waals surface area contributed by atoms with Crippen LogP contribution in [0.2, 0.25) is 0 Å². The Kier molecular flexibility index (Phi) is 4.11. The van der Waals surface area contributed by atoms with E-state index in [2.05, 4.69) is 27.7 Å². The van der Waals surface area contributed by atoms with E-state index in [4.69, 9.17) is 5.73 Å². The molecule has 0 amide bonds. The second-order valence-corrected chi connectivity index (χ2v) is 4.48. The second-order valence-electron chi connectivity index (χ2n) is 3.60. The van der Waals surface area contributed by atoms with Crippen molar-refractivity contribution in [3.63, 3.8) is 0 Å². The van der Waals surface area contributed by atoms with Crippen LogP contribution in [0.4, 0.5) is 0 Å². The van der Waals surface area contributed by atoms with Crippen LogP contribution in [0.25, 0.3) is 5.69 Å². The van der Waals surface area contributed by atoms with Crippen molar-refractivity contribution in [1.82, 2.24) is 20.2 Å². The minimum Gasteiger partial charge on any atom is -0.330 e. The first-order chi connectivity index (χ1) is 8.35. The molecule has 6 heteroatoms. The molecule has 0 saturated carbocycles. The first kappa shape index (κ1) is 12.1. The van der Waals surface area contributed by atoms with Gasteiger partial charge in [0.1, 0.15) is 0 Å². The molecule has 0 aliphatic carbocycles. The number of hydrogen-bond donors (Lipinski definition) is 1. The highest BCUT2D eigenvalue weighted by Gasteiger charge is 2.07. The van der Waals surface area contributed by atoms with Gasteiger partial charge in [-0.25, -0.2) is 0 Å². The zero-order valence-electron chi connectivity index (χ0n) is 9.71. The van der Waals surface area contributed by atoms with Crippen LogP contribution in [-0.4, -0.2) is 33.0 Å². The molecule has 0 aliphatic heterocycles. The summed E-state index contributed by atoms with van der Waals surface area (Å²) in [6.45, 7) is 0.651. The van der Waals surface area contributed by atoms with Crippen molar-refractivity contribution < 1.29 is 0 Å². The molecule has 1 aromatic heterocycles. The van der Waals surface area contributed by atoms with E-state index >= 15 is 0 Å². The van der Waals surface area contributed by atoms with Crippen molar-refractivity contribution in [3.05, 3.63) is 30.1 Å². The predicted octanol–water partition coefficient (Wildman–Crippen LogP) is 1.28. The normalized spacial score (nSPS) is 10.7. The molecule has 0 fully saturated rings. The van der Waals surface area contributed by atoms with E-state index in [-0.39, 0.29) is 0 Å². The monoisotopic (exact) mass is 249 g/mol. The first-order valence-corrected chi connectivity index (χ1v) is 6.69. The number of rotatable bonds is 5. The van der Waals surface area contributed by atoms with Crippen LogP contribution in [0.15, 0.2) is 29.2 Å². The number of thioether (sulfide) groups is 1. The van der Waals surface area contributed by atoms with Crippen molar-refractivity contribution in [1.29, 1.82) is 0 Å². The molecule has 1 aromatic carbocycles. The summed E-state index contributed by atoms with van der Waals surface area (Å²) < 4.78 is 1.77. The van der Waals surface area contributed by atoms with Crippen molar-refractivity contribution in [2.45, 2.75) is 17.7 Å². The molecule has 2 aromatic rings. The number of tetrazole rings is 1. The van der Waals surface area contributed by atoms with E-state index in [1.165, 1.54) is 4.90 Å². The third-order valence-electron chi connectivity index (χ3n) is 2.44. The third-order valence-corrected chi connectivity index (χ3v) is 3.16. The lowest BCUT2D eigenvalue weighted by atomic mass is 10.3. The summed E-state index contributed by atoms with van der Waals surface area (Å²) in [6, 6.07) is 8.16. The zero-order chi connectivity index (χ0) is 12.1. The highest BCUT2D eigenvalue weighted by Crippen LogP contribution is 2.18. The molecule has 1 heterocycles. The molecule has 0 radical (unpaired) electrons. The summed E-state index contributed by atoms with van der Waals surface area (Å²) in [5.74, 6) is 0.855. The smallest absolute Gasteiger partial charge is 0.156 e. The standard InChI is InChI=1S/C11H15N5S/c1-17-10-5-2-4-9(8-10)16-11(6-3-7-12)13-14-15-16/h2,4-5,8H,3,6-7,12H2,1H3. The molecule has 0 atom stereocenters. The van der Waals surface area contributed by atoms with E-state index in [0.717, 1.165) is 24.4 Å². The third kappa shape index (κ3) is 2.83. The van der Waals surface area contributed by atoms with Crippen LogP contribution < -0.4 is 5.73 Å². The Labute approximate surface area is 104 Å². The largest absolute Gasteiger partial charge is 0.330 e. The fraction of sp³-hybridized carbons (Fsp3) is 0.364. The molecule has 90 valence electrons. The number of nitrogens with two attached hydrogens (primary N) is 1. The molecule has 0 unspecified atom stereocenters. The van der Waals surface area contributed by atoms with Gasteiger partial charge in [0.15, 0.2) is 5.82 Å². The minimum absolute atomic E-state index is 0.651. The van der Waals surface area contributed by atoms with Gasteiger partial charge in [-0.05, 0) is 47.8 Å². The average molecular weight is 249 g/mol. The highest BCUT2D eigenvalue weighted by molar-refractivity contribution is 7.98. The molecule has 0 aliphatic rings. The highest BCUT2D eigenvalue weighted by atomic mass is 32.2. The van der Waals surface area contributed by atoms with E-state index < -0.39 is 0 Å². The van der Waals surface area contributed by atoms with Gasteiger partial charge in [-0.3, -0.25) is 0 Å². The molecule has 0 spiro atoms. The number of aryl methyl sites for hydroxylation is 1. The maximum absolute atomic E-state index is 5.50. The SMILES string of the molecule is CSc1cccc(-n2nnnc2CCCN)c1. The molecule has 17 heavy (non-hydrogen) atoms. The van der Waals surface area contributed by atoms with E-state index in [1.807, 2.05) is 18.4 Å². The Bertz CT molecular complexity index is 482. The van der Waals surface area contributed by atoms with Crippen LogP contribution in [0.3, 0.4) is 0 Å². The predicted molar refractivity (Wildman–Crippen MR) is 68.3 cm³/mol. The fourth-order valence-electron chi connectivity index (χ4n) is 1.56. The summed E-state index contributed by atoms with van der Waals surface area (Å²) in [5.41, 5.74) is 6.49. The van der Waals surface area contributed by atoms with Gasteiger partial charge in [0, 0.05) is 11.3 Å². The van der Waals surface area contributed by atoms with Gasteiger partial charge in [0.2, 0.25) is 0 Å². The van der Waals surface area contributed by atoms with Crippen LogP contribution in [0.1, 0.15) is 12.2 Å². The number of hydrogen-bond acceptors (Lipinski definition) is 5. The van der Waals surface area contributed by atoms with Crippen LogP contribution in [0, 0.1) is 0 Å². The second kappa shape index (κ2) is 5.79. The summed E-state index contributed by atoms with van der Waals surface area (Å²) in [7, 11) is 0. The maximum atomic E-state index is 5.50. The Hall–Kier alpha value is -1.40. The number of benzene rings is 1. The van der Waals surface area contributed by atoms with E-state index in [1.54, 1.807) is 16.4 Å². The van der Waals surface area contributed by atoms with Crippen molar-refractivity contribution in [3.8, 4) is 5.69 Å². The minimum atomic E-state index is 0.651. The summed E-state index contributed by atoms with van der Waals surface area (Å²) in [4.78, 5) is 1.20. The van der Waals surface area contributed by atoms with Gasteiger partial charge >= 0.3 is 0 Å². The van der Waals surface area contributed by atoms with Gasteiger partial charge < -0.3 is 5.73 Å². The zero-order valence-corrected chi connectivity index (χ0v) is 10.5. The van der Waals surface area contributed by atoms with Crippen LogP contribution in [-0.2, 0) is 6.42 Å². The fourth-order valence-corrected chi connectivity index (χ4v) is 2.02. The van der Waals surface area contributed by atoms with Gasteiger partial charge in [0.05, 0.1) is 5.69 Å². The molecule has 2 N–H and O–H groups in total. The topological polar surface area (TPSA) is 69.6 Å². The summed E-state index contributed by atoms with van der Waals surface area (Å²) >= 11 is 1.70. The lowest BCUT2D eigenvalue weighted by Gasteiger charge is -2.05. The summed E-state index contributed by atoms with van der Waals surface area (Å²) in [6.07, 6.45) is 3.74. The molecular weight excluding hydrogens is 234 g/mol. The molecule has 5 nitrogen and oxygen atoms in total. The lowest BCUT2D eigenvalue weighted by Crippen LogP contribution is -2.07. The summed E-state index contributed by atoms with van der Waals surface area (Å²) in [5, 5.41) is 11.8. The molecule has 0 bridgehead atoms. The molecule has 0 saturated heterocycles. The Morgan fingerprint density at radius 1 is 1.41 bits per heavy atom. The van der Waals surface area contributed by atoms with Crippen LogP contribution >= 0.6 is 11.8 Å². The van der Waals surface area contributed by atoms with Gasteiger partial charge in [-0.15, -0.1) is 16.9 Å². The van der Waals surface area contributed by atoms with Crippen molar-refractivity contribution >= 4 is 11.8 Å². The Morgan fingerprint density at radius 3 is 3.06 bits per heavy atom. The number of aromatic nitrogens is 4. The van der Waals surface area contributed by atoms with Gasteiger partial charge in [-0.2, -0.15) is 4.68 Å². The van der Waals surface area contributed by atoms with E-state index in [9.17, 15) is 0 Å². The molecule has 2 rings (SSSR count). The van der Waals surface area contributed by atoms with Gasteiger partial charge in [0.25, 0.3) is 0 Å².